The standard InChI is InChI=1S/C27H29N5/c1-3-16-31(17-4-2)23-9-7-22(8-10-23)30-24-11-12-26(32-18-15-29-27(24)32)21-6-5-20-13-14-28-25(20)19-21/h5-15,18-19,28,30H,3-4,16-17H2,1-2H3. The van der Waals surface area contributed by atoms with Crippen LogP contribution in [0.3, 0.4) is 0 Å². The van der Waals surface area contributed by atoms with Gasteiger partial charge in [0.25, 0.3) is 0 Å². The van der Waals surface area contributed by atoms with Crippen LogP contribution in [0.4, 0.5) is 17.1 Å². The fourth-order valence-electron chi connectivity index (χ4n) is 4.38. The van der Waals surface area contributed by atoms with Crippen LogP contribution in [0.15, 0.2) is 79.3 Å². The highest BCUT2D eigenvalue weighted by Gasteiger charge is 2.11. The van der Waals surface area contributed by atoms with Gasteiger partial charge in [0.2, 0.25) is 0 Å². The third-order valence-electron chi connectivity index (χ3n) is 5.90. The molecule has 2 N–H and O–H groups in total. The summed E-state index contributed by atoms with van der Waals surface area (Å²) in [5.74, 6) is 0. The zero-order valence-corrected chi connectivity index (χ0v) is 18.7. The maximum Gasteiger partial charge on any atom is 0.161 e. The largest absolute Gasteiger partial charge is 0.372 e. The van der Waals surface area contributed by atoms with Crippen molar-refractivity contribution in [3.05, 3.63) is 79.3 Å². The second-order valence-corrected chi connectivity index (χ2v) is 8.19. The smallest absolute Gasteiger partial charge is 0.161 e. The number of imidazole rings is 1. The molecule has 162 valence electrons. The molecule has 0 spiro atoms. The Morgan fingerprint density at radius 3 is 2.53 bits per heavy atom. The van der Waals surface area contributed by atoms with Crippen LogP contribution in [0.5, 0.6) is 0 Å². The number of rotatable bonds is 8. The zero-order chi connectivity index (χ0) is 21.9. The van der Waals surface area contributed by atoms with Crippen LogP contribution < -0.4 is 10.2 Å². The van der Waals surface area contributed by atoms with Gasteiger partial charge in [-0.1, -0.05) is 26.0 Å². The minimum atomic E-state index is 0.914. The van der Waals surface area contributed by atoms with Crippen LogP contribution in [0.2, 0.25) is 0 Å². The van der Waals surface area contributed by atoms with Gasteiger partial charge in [-0.3, -0.25) is 4.40 Å². The van der Waals surface area contributed by atoms with Crippen molar-refractivity contribution in [1.29, 1.82) is 0 Å². The third kappa shape index (κ3) is 3.82. The van der Waals surface area contributed by atoms with E-state index in [1.165, 1.54) is 11.1 Å². The maximum atomic E-state index is 4.63. The van der Waals surface area contributed by atoms with Crippen molar-refractivity contribution in [2.75, 3.05) is 23.3 Å². The van der Waals surface area contributed by atoms with Crippen LogP contribution >= 0.6 is 0 Å². The molecule has 0 aliphatic heterocycles. The lowest BCUT2D eigenvalue weighted by Gasteiger charge is -2.24. The van der Waals surface area contributed by atoms with Gasteiger partial charge in [-0.05, 0) is 66.8 Å². The number of fused-ring (bicyclic) bond motifs is 2. The number of benzene rings is 2. The lowest BCUT2D eigenvalue weighted by molar-refractivity contribution is 0.745. The molecule has 3 heterocycles. The predicted molar refractivity (Wildman–Crippen MR) is 135 cm³/mol. The molecule has 0 aliphatic carbocycles. The van der Waals surface area contributed by atoms with Crippen LogP contribution in [-0.4, -0.2) is 27.5 Å². The normalized spacial score (nSPS) is 11.3. The van der Waals surface area contributed by atoms with E-state index in [0.29, 0.717) is 0 Å². The molecule has 0 fully saturated rings. The average molecular weight is 424 g/mol. The predicted octanol–water partition coefficient (Wildman–Crippen LogP) is 6.85. The summed E-state index contributed by atoms with van der Waals surface area (Å²) in [5, 5.41) is 4.78. The van der Waals surface area contributed by atoms with Crippen molar-refractivity contribution in [2.24, 2.45) is 0 Å². The summed E-state index contributed by atoms with van der Waals surface area (Å²) < 4.78 is 2.14. The summed E-state index contributed by atoms with van der Waals surface area (Å²) in [7, 11) is 0. The van der Waals surface area contributed by atoms with E-state index < -0.39 is 0 Å². The Bertz CT molecular complexity index is 1320. The third-order valence-corrected chi connectivity index (χ3v) is 5.90. The number of pyridine rings is 1. The van der Waals surface area contributed by atoms with E-state index in [4.69, 9.17) is 0 Å². The minimum absolute atomic E-state index is 0.914. The van der Waals surface area contributed by atoms with Crippen molar-refractivity contribution < 1.29 is 0 Å². The first-order chi connectivity index (χ1) is 15.8. The van der Waals surface area contributed by atoms with Gasteiger partial charge in [0, 0.05) is 54.1 Å². The van der Waals surface area contributed by atoms with E-state index >= 15 is 0 Å². The molecular formula is C27H29N5. The molecule has 2 aromatic carbocycles. The number of H-pyrrole nitrogens is 1. The van der Waals surface area contributed by atoms with Gasteiger partial charge in [-0.15, -0.1) is 0 Å². The summed E-state index contributed by atoms with van der Waals surface area (Å²) in [5.41, 5.74) is 7.66. The van der Waals surface area contributed by atoms with Crippen LogP contribution in [0.1, 0.15) is 26.7 Å². The molecule has 5 rings (SSSR count). The molecule has 0 saturated carbocycles. The first-order valence-corrected chi connectivity index (χ1v) is 11.4. The van der Waals surface area contributed by atoms with Gasteiger partial charge in [0.05, 0.1) is 11.4 Å². The SMILES string of the molecule is CCCN(CCC)c1ccc(Nc2ccc(-c3ccc4cc[nH]c4c3)n3ccnc23)cc1. The second-order valence-electron chi connectivity index (χ2n) is 8.19. The van der Waals surface area contributed by atoms with Gasteiger partial charge in [-0.2, -0.15) is 0 Å². The van der Waals surface area contributed by atoms with E-state index in [9.17, 15) is 0 Å². The Hall–Kier alpha value is -3.73. The Balaban J connectivity index is 1.43. The van der Waals surface area contributed by atoms with Crippen molar-refractivity contribution in [3.63, 3.8) is 0 Å². The minimum Gasteiger partial charge on any atom is -0.372 e. The molecule has 5 aromatic rings. The number of nitrogens with one attached hydrogen (secondary N) is 2. The van der Waals surface area contributed by atoms with E-state index in [0.717, 1.165) is 59.7 Å². The molecule has 32 heavy (non-hydrogen) atoms. The number of anilines is 3. The molecule has 0 radical (unpaired) electrons. The first kappa shape index (κ1) is 20.2. The van der Waals surface area contributed by atoms with Gasteiger partial charge in [0.1, 0.15) is 0 Å². The molecule has 0 atom stereocenters. The molecule has 0 aliphatic rings. The van der Waals surface area contributed by atoms with Crippen molar-refractivity contribution in [2.45, 2.75) is 26.7 Å². The Morgan fingerprint density at radius 2 is 1.75 bits per heavy atom. The number of aromatic amines is 1. The number of nitrogens with zero attached hydrogens (tertiary/aromatic N) is 3. The van der Waals surface area contributed by atoms with Gasteiger partial charge in [0.15, 0.2) is 5.65 Å². The molecule has 0 unspecified atom stereocenters. The second kappa shape index (κ2) is 8.79. The van der Waals surface area contributed by atoms with Crippen molar-refractivity contribution in [3.8, 4) is 11.3 Å². The molecule has 0 saturated heterocycles. The molecule has 0 amide bonds. The van der Waals surface area contributed by atoms with Crippen LogP contribution in [-0.2, 0) is 0 Å². The van der Waals surface area contributed by atoms with Crippen molar-refractivity contribution >= 4 is 33.6 Å². The van der Waals surface area contributed by atoms with Crippen molar-refractivity contribution in [1.82, 2.24) is 14.4 Å². The highest BCUT2D eigenvalue weighted by molar-refractivity contribution is 5.85. The lowest BCUT2D eigenvalue weighted by Crippen LogP contribution is -2.24. The highest BCUT2D eigenvalue weighted by Crippen LogP contribution is 2.29. The fourth-order valence-corrected chi connectivity index (χ4v) is 4.38. The Morgan fingerprint density at radius 1 is 0.938 bits per heavy atom. The van der Waals surface area contributed by atoms with Gasteiger partial charge in [-0.25, -0.2) is 4.98 Å². The van der Waals surface area contributed by atoms with Gasteiger partial charge >= 0.3 is 0 Å². The number of aromatic nitrogens is 3. The summed E-state index contributed by atoms with van der Waals surface area (Å²) in [6, 6.07) is 21.6. The highest BCUT2D eigenvalue weighted by atomic mass is 15.1. The fraction of sp³-hybridized carbons (Fsp3) is 0.222. The van der Waals surface area contributed by atoms with E-state index in [1.807, 2.05) is 18.6 Å². The summed E-state index contributed by atoms with van der Waals surface area (Å²) in [6.07, 6.45) is 8.16. The van der Waals surface area contributed by atoms with E-state index in [2.05, 4.69) is 99.1 Å². The monoisotopic (exact) mass is 423 g/mol. The maximum absolute atomic E-state index is 4.63. The first-order valence-electron chi connectivity index (χ1n) is 11.4. The topological polar surface area (TPSA) is 48.4 Å². The van der Waals surface area contributed by atoms with Crippen LogP contribution in [0, 0.1) is 0 Å². The van der Waals surface area contributed by atoms with Crippen LogP contribution in [0.25, 0.3) is 27.8 Å². The summed E-state index contributed by atoms with van der Waals surface area (Å²) >= 11 is 0. The lowest BCUT2D eigenvalue weighted by atomic mass is 10.1. The van der Waals surface area contributed by atoms with E-state index in [-0.39, 0.29) is 0 Å². The van der Waals surface area contributed by atoms with E-state index in [1.54, 1.807) is 0 Å². The molecule has 3 aromatic heterocycles. The zero-order valence-electron chi connectivity index (χ0n) is 18.7. The molecule has 5 heteroatoms. The summed E-state index contributed by atoms with van der Waals surface area (Å²) in [4.78, 5) is 10.4. The molecular weight excluding hydrogens is 394 g/mol. The average Bonchev–Trinajstić information content (AvgIpc) is 3.49. The van der Waals surface area contributed by atoms with Gasteiger partial charge < -0.3 is 15.2 Å². The Kier molecular flexibility index (Phi) is 5.55. The Labute approximate surface area is 188 Å². The number of hydrogen-bond donors (Lipinski definition) is 2. The quantitative estimate of drug-likeness (QED) is 0.287. The number of hydrogen-bond acceptors (Lipinski definition) is 3. The molecule has 5 nitrogen and oxygen atoms in total. The molecule has 0 bridgehead atoms. The summed E-state index contributed by atoms with van der Waals surface area (Å²) in [6.45, 7) is 6.64.